The molecule has 0 spiro atoms. The Hall–Kier alpha value is -5.27. The second kappa shape index (κ2) is 15.8. The molecule has 5 rings (SSSR count). The average molecular weight is 607 g/mol. The van der Waals surface area contributed by atoms with E-state index < -0.39 is 6.04 Å². The molecule has 0 saturated carbocycles. The van der Waals surface area contributed by atoms with Gasteiger partial charge in [-0.1, -0.05) is 91.0 Å². The zero-order valence-corrected chi connectivity index (χ0v) is 24.9. The number of nitrogens with one attached hydrogen (secondary N) is 3. The van der Waals surface area contributed by atoms with E-state index in [2.05, 4.69) is 10.6 Å². The van der Waals surface area contributed by atoms with Crippen molar-refractivity contribution in [2.75, 3.05) is 5.32 Å². The highest BCUT2D eigenvalue weighted by Gasteiger charge is 2.23. The van der Waals surface area contributed by atoms with Crippen LogP contribution in [0.5, 0.6) is 11.5 Å². The fraction of sp³-hybridized carbons (Fsp3) is 0.111. The first-order valence-electron chi connectivity index (χ1n) is 14.0. The highest BCUT2D eigenvalue weighted by molar-refractivity contribution is 5.95. The highest BCUT2D eigenvalue weighted by Crippen LogP contribution is 2.30. The van der Waals surface area contributed by atoms with Crippen LogP contribution < -0.4 is 25.8 Å². The standard InChI is InChI=1S/C36H34N4O3.ClH/c37-35(38)29-16-18-31(19-17-29)40-34(36(41)39-23-26-10-4-1-5-11-26)30-20-32(42-24-27-12-6-2-7-13-27)22-33(21-30)43-25-28-14-8-3-9-15-28;/h1-22,34,40H,23-25H2,(H3,37,38)(H,39,41);1H/t34-;/m1./s1. The van der Waals surface area contributed by atoms with E-state index in [1.54, 1.807) is 24.3 Å². The van der Waals surface area contributed by atoms with E-state index in [1.807, 2.05) is 109 Å². The maximum absolute atomic E-state index is 13.8. The minimum absolute atomic E-state index is 0. The predicted octanol–water partition coefficient (Wildman–Crippen LogP) is 7.02. The molecule has 0 aromatic heterocycles. The van der Waals surface area contributed by atoms with Crippen LogP contribution in [0.1, 0.15) is 33.9 Å². The summed E-state index contributed by atoms with van der Waals surface area (Å²) in [6, 6.07) is 41.5. The van der Waals surface area contributed by atoms with E-state index in [9.17, 15) is 4.79 Å². The van der Waals surface area contributed by atoms with Gasteiger partial charge in [-0.15, -0.1) is 12.4 Å². The van der Waals surface area contributed by atoms with E-state index in [0.717, 1.165) is 16.7 Å². The first-order chi connectivity index (χ1) is 21.0. The minimum atomic E-state index is -0.772. The number of rotatable bonds is 13. The molecule has 0 aliphatic carbocycles. The minimum Gasteiger partial charge on any atom is -0.489 e. The van der Waals surface area contributed by atoms with Gasteiger partial charge < -0.3 is 25.8 Å². The number of carbonyl (C=O) groups excluding carboxylic acids is 1. The summed E-state index contributed by atoms with van der Waals surface area (Å²) in [6.07, 6.45) is 0. The van der Waals surface area contributed by atoms with Crippen molar-refractivity contribution in [3.63, 3.8) is 0 Å². The number of amides is 1. The van der Waals surface area contributed by atoms with Crippen molar-refractivity contribution in [2.45, 2.75) is 25.8 Å². The fourth-order valence-electron chi connectivity index (χ4n) is 4.51. The van der Waals surface area contributed by atoms with Gasteiger partial charge in [0.2, 0.25) is 5.91 Å². The fourth-order valence-corrected chi connectivity index (χ4v) is 4.51. The van der Waals surface area contributed by atoms with E-state index in [0.29, 0.717) is 48.1 Å². The third-order valence-electron chi connectivity index (χ3n) is 6.81. The van der Waals surface area contributed by atoms with Gasteiger partial charge in [-0.25, -0.2) is 0 Å². The summed E-state index contributed by atoms with van der Waals surface area (Å²) in [4.78, 5) is 13.8. The van der Waals surface area contributed by atoms with Crippen molar-refractivity contribution in [1.29, 1.82) is 5.41 Å². The summed E-state index contributed by atoms with van der Waals surface area (Å²) >= 11 is 0. The third-order valence-corrected chi connectivity index (χ3v) is 6.81. The second-order valence-corrected chi connectivity index (χ2v) is 10.1. The monoisotopic (exact) mass is 606 g/mol. The van der Waals surface area contributed by atoms with E-state index >= 15 is 0 Å². The molecule has 0 radical (unpaired) electrons. The van der Waals surface area contributed by atoms with Gasteiger partial charge in [0, 0.05) is 23.9 Å². The molecule has 1 atom stereocenters. The molecular formula is C36H35ClN4O3. The Bertz CT molecular complexity index is 1570. The van der Waals surface area contributed by atoms with Gasteiger partial charge in [-0.05, 0) is 58.7 Å². The number of amidine groups is 1. The number of ether oxygens (including phenoxy) is 2. The van der Waals surface area contributed by atoms with Gasteiger partial charge in [0.1, 0.15) is 36.6 Å². The maximum atomic E-state index is 13.8. The van der Waals surface area contributed by atoms with Crippen molar-refractivity contribution < 1.29 is 14.3 Å². The van der Waals surface area contributed by atoms with Crippen LogP contribution in [-0.2, 0) is 24.6 Å². The quantitative estimate of drug-likeness (QED) is 0.0850. The SMILES string of the molecule is Cl.N=C(N)c1ccc(N[C@@H](C(=O)NCc2ccccc2)c2cc(OCc3ccccc3)cc(OCc3ccccc3)c2)cc1. The molecule has 44 heavy (non-hydrogen) atoms. The number of benzene rings is 5. The van der Waals surface area contributed by atoms with Gasteiger partial charge in [0.15, 0.2) is 0 Å². The summed E-state index contributed by atoms with van der Waals surface area (Å²) < 4.78 is 12.4. The van der Waals surface area contributed by atoms with Crippen LogP contribution in [0.25, 0.3) is 0 Å². The molecule has 0 unspecified atom stereocenters. The lowest BCUT2D eigenvalue weighted by atomic mass is 10.0. The molecule has 0 fully saturated rings. The normalized spacial score (nSPS) is 11.0. The number of anilines is 1. The Morgan fingerprint density at radius 1 is 0.682 bits per heavy atom. The molecule has 0 aliphatic heterocycles. The number of nitrogen functional groups attached to an aromatic ring is 1. The molecule has 0 bridgehead atoms. The maximum Gasteiger partial charge on any atom is 0.247 e. The summed E-state index contributed by atoms with van der Waals surface area (Å²) in [6.45, 7) is 1.11. The Labute approximate surface area is 264 Å². The lowest BCUT2D eigenvalue weighted by molar-refractivity contribution is -0.122. The third kappa shape index (κ3) is 9.11. The Kier molecular flexibility index (Phi) is 11.4. The molecule has 7 nitrogen and oxygen atoms in total. The summed E-state index contributed by atoms with van der Waals surface area (Å²) in [5.41, 5.74) is 10.7. The number of carbonyl (C=O) groups is 1. The van der Waals surface area contributed by atoms with Crippen molar-refractivity contribution >= 4 is 29.8 Å². The summed E-state index contributed by atoms with van der Waals surface area (Å²) in [5.74, 6) is 0.930. The average Bonchev–Trinajstić information content (AvgIpc) is 3.06. The lowest BCUT2D eigenvalue weighted by Crippen LogP contribution is -2.33. The number of hydrogen-bond acceptors (Lipinski definition) is 5. The van der Waals surface area contributed by atoms with Crippen molar-refractivity contribution in [3.05, 3.63) is 161 Å². The van der Waals surface area contributed by atoms with Crippen LogP contribution in [0.4, 0.5) is 5.69 Å². The van der Waals surface area contributed by atoms with Crippen LogP contribution in [0.3, 0.4) is 0 Å². The van der Waals surface area contributed by atoms with E-state index in [-0.39, 0.29) is 24.1 Å². The van der Waals surface area contributed by atoms with Crippen LogP contribution in [0.2, 0.25) is 0 Å². The molecule has 5 N–H and O–H groups in total. The number of halogens is 1. The van der Waals surface area contributed by atoms with Crippen molar-refractivity contribution in [3.8, 4) is 11.5 Å². The zero-order valence-electron chi connectivity index (χ0n) is 24.1. The molecular weight excluding hydrogens is 572 g/mol. The molecule has 0 saturated heterocycles. The molecule has 0 aliphatic rings. The first kappa shape index (κ1) is 31.7. The topological polar surface area (TPSA) is 109 Å². The largest absolute Gasteiger partial charge is 0.489 e. The lowest BCUT2D eigenvalue weighted by Gasteiger charge is -2.22. The van der Waals surface area contributed by atoms with Gasteiger partial charge in [-0.3, -0.25) is 10.2 Å². The summed E-state index contributed by atoms with van der Waals surface area (Å²) in [5, 5.41) is 14.1. The molecule has 224 valence electrons. The second-order valence-electron chi connectivity index (χ2n) is 10.1. The molecule has 5 aromatic carbocycles. The van der Waals surface area contributed by atoms with Crippen molar-refractivity contribution in [2.24, 2.45) is 5.73 Å². The predicted molar refractivity (Wildman–Crippen MR) is 177 cm³/mol. The van der Waals surface area contributed by atoms with Gasteiger partial charge >= 0.3 is 0 Å². The molecule has 1 amide bonds. The Morgan fingerprint density at radius 3 is 1.64 bits per heavy atom. The van der Waals surface area contributed by atoms with Gasteiger partial charge in [0.25, 0.3) is 0 Å². The number of hydrogen-bond donors (Lipinski definition) is 4. The number of nitrogens with two attached hydrogens (primary N) is 1. The van der Waals surface area contributed by atoms with Crippen LogP contribution in [0, 0.1) is 5.41 Å². The van der Waals surface area contributed by atoms with Crippen LogP contribution in [-0.4, -0.2) is 11.7 Å². The molecule has 0 heterocycles. The molecule has 5 aromatic rings. The first-order valence-corrected chi connectivity index (χ1v) is 14.0. The van der Waals surface area contributed by atoms with Crippen LogP contribution >= 0.6 is 12.4 Å². The smallest absolute Gasteiger partial charge is 0.247 e. The van der Waals surface area contributed by atoms with Crippen LogP contribution in [0.15, 0.2) is 133 Å². The Balaban J connectivity index is 0.00000442. The zero-order chi connectivity index (χ0) is 29.9. The van der Waals surface area contributed by atoms with Gasteiger partial charge in [0.05, 0.1) is 0 Å². The Morgan fingerprint density at radius 2 is 1.16 bits per heavy atom. The van der Waals surface area contributed by atoms with Gasteiger partial charge in [-0.2, -0.15) is 0 Å². The van der Waals surface area contributed by atoms with Crippen molar-refractivity contribution in [1.82, 2.24) is 5.32 Å². The van der Waals surface area contributed by atoms with E-state index in [1.165, 1.54) is 0 Å². The van der Waals surface area contributed by atoms with E-state index in [4.69, 9.17) is 20.6 Å². The highest BCUT2D eigenvalue weighted by atomic mass is 35.5. The molecule has 8 heteroatoms. The summed E-state index contributed by atoms with van der Waals surface area (Å²) in [7, 11) is 0.